The van der Waals surface area contributed by atoms with Crippen LogP contribution in [0.4, 0.5) is 0 Å². The highest BCUT2D eigenvalue weighted by Gasteiger charge is 2.17. The van der Waals surface area contributed by atoms with Crippen LogP contribution < -0.4 is 5.32 Å². The van der Waals surface area contributed by atoms with E-state index in [0.29, 0.717) is 0 Å². The van der Waals surface area contributed by atoms with Crippen LogP contribution in [0.2, 0.25) is 0 Å². The van der Waals surface area contributed by atoms with Crippen molar-refractivity contribution >= 4 is 41.3 Å². The quantitative estimate of drug-likeness (QED) is 0.280. The van der Waals surface area contributed by atoms with Crippen molar-refractivity contribution in [3.8, 4) is 0 Å². The van der Waals surface area contributed by atoms with Crippen LogP contribution in [0.25, 0.3) is 0 Å². The van der Waals surface area contributed by atoms with Gasteiger partial charge in [0.05, 0.1) is 17.2 Å². The van der Waals surface area contributed by atoms with Gasteiger partial charge < -0.3 is 15.1 Å². The standard InChI is InChI=1S/C18H33N5S.HI/c1-15-21-16(14-24-15)13-23(4)18(19-2)20-11-8-12-22(3)17-9-6-5-7-10-17;/h14,17H,5-13H2,1-4H3,(H,19,20);1H. The largest absolute Gasteiger partial charge is 0.356 e. The Kier molecular flexibility index (Phi) is 10.9. The molecule has 1 aliphatic carbocycles. The summed E-state index contributed by atoms with van der Waals surface area (Å²) in [6.07, 6.45) is 8.13. The highest BCUT2D eigenvalue weighted by atomic mass is 127. The lowest BCUT2D eigenvalue weighted by atomic mass is 9.94. The first-order valence-electron chi connectivity index (χ1n) is 9.13. The molecule has 1 saturated carbocycles. The third kappa shape index (κ3) is 7.78. The van der Waals surface area contributed by atoms with E-state index >= 15 is 0 Å². The average Bonchev–Trinajstić information content (AvgIpc) is 3.00. The van der Waals surface area contributed by atoms with Crippen molar-refractivity contribution in [2.45, 2.75) is 58.0 Å². The number of aryl methyl sites for hydroxylation is 1. The number of aromatic nitrogens is 1. The number of halogens is 1. The van der Waals surface area contributed by atoms with Gasteiger partial charge in [-0.15, -0.1) is 35.3 Å². The van der Waals surface area contributed by atoms with E-state index in [0.717, 1.165) is 48.8 Å². The van der Waals surface area contributed by atoms with E-state index in [2.05, 4.69) is 44.6 Å². The number of hydrogen-bond acceptors (Lipinski definition) is 4. The normalized spacial score (nSPS) is 16.0. The molecule has 1 fully saturated rings. The van der Waals surface area contributed by atoms with Crippen molar-refractivity contribution in [1.29, 1.82) is 0 Å². The third-order valence-corrected chi connectivity index (χ3v) is 5.63. The predicted molar refractivity (Wildman–Crippen MR) is 119 cm³/mol. The Morgan fingerprint density at radius 1 is 1.32 bits per heavy atom. The molecule has 0 atom stereocenters. The van der Waals surface area contributed by atoms with E-state index in [-0.39, 0.29) is 24.0 Å². The molecular formula is C18H34IN5S. The van der Waals surface area contributed by atoms with E-state index in [1.165, 1.54) is 32.1 Å². The van der Waals surface area contributed by atoms with E-state index < -0.39 is 0 Å². The molecule has 0 spiro atoms. The first kappa shape index (κ1) is 22.6. The summed E-state index contributed by atoms with van der Waals surface area (Å²) >= 11 is 1.70. The fourth-order valence-corrected chi connectivity index (χ4v) is 4.02. The van der Waals surface area contributed by atoms with Crippen molar-refractivity contribution in [3.63, 3.8) is 0 Å². The Hall–Kier alpha value is -0.410. The maximum Gasteiger partial charge on any atom is 0.193 e. The van der Waals surface area contributed by atoms with E-state index in [9.17, 15) is 0 Å². The van der Waals surface area contributed by atoms with Crippen LogP contribution in [0.5, 0.6) is 0 Å². The van der Waals surface area contributed by atoms with Gasteiger partial charge in [-0.2, -0.15) is 0 Å². The van der Waals surface area contributed by atoms with Gasteiger partial charge in [-0.05, 0) is 39.8 Å². The fourth-order valence-electron chi connectivity index (χ4n) is 3.42. The molecule has 0 amide bonds. The lowest BCUT2D eigenvalue weighted by Gasteiger charge is -2.31. The van der Waals surface area contributed by atoms with Crippen molar-refractivity contribution < 1.29 is 0 Å². The molecule has 25 heavy (non-hydrogen) atoms. The van der Waals surface area contributed by atoms with Crippen LogP contribution in [0.15, 0.2) is 10.4 Å². The van der Waals surface area contributed by atoms with Gasteiger partial charge in [-0.25, -0.2) is 4.98 Å². The molecule has 1 aromatic rings. The van der Waals surface area contributed by atoms with Gasteiger partial charge in [-0.1, -0.05) is 19.3 Å². The first-order valence-corrected chi connectivity index (χ1v) is 10.0. The average molecular weight is 479 g/mol. The summed E-state index contributed by atoms with van der Waals surface area (Å²) in [4.78, 5) is 13.6. The molecular weight excluding hydrogens is 445 g/mol. The Labute approximate surface area is 174 Å². The Morgan fingerprint density at radius 3 is 2.64 bits per heavy atom. The summed E-state index contributed by atoms with van der Waals surface area (Å²) < 4.78 is 0. The maximum atomic E-state index is 4.53. The minimum atomic E-state index is 0. The molecule has 0 bridgehead atoms. The van der Waals surface area contributed by atoms with Crippen LogP contribution in [-0.2, 0) is 6.54 Å². The minimum Gasteiger partial charge on any atom is -0.356 e. The second-order valence-corrected chi connectivity index (χ2v) is 7.88. The summed E-state index contributed by atoms with van der Waals surface area (Å²) in [5.41, 5.74) is 1.11. The monoisotopic (exact) mass is 479 g/mol. The zero-order valence-electron chi connectivity index (χ0n) is 16.1. The summed E-state index contributed by atoms with van der Waals surface area (Å²) in [5, 5.41) is 6.72. The molecule has 1 aromatic heterocycles. The molecule has 0 radical (unpaired) electrons. The lowest BCUT2D eigenvalue weighted by Crippen LogP contribution is -2.40. The molecule has 5 nitrogen and oxygen atoms in total. The lowest BCUT2D eigenvalue weighted by molar-refractivity contribution is 0.190. The summed E-state index contributed by atoms with van der Waals surface area (Å²) in [6, 6.07) is 0.800. The molecule has 7 heteroatoms. The first-order chi connectivity index (χ1) is 11.6. The number of thiazole rings is 1. The van der Waals surface area contributed by atoms with Crippen molar-refractivity contribution in [3.05, 3.63) is 16.1 Å². The molecule has 0 saturated heterocycles. The zero-order valence-corrected chi connectivity index (χ0v) is 19.3. The molecule has 0 aromatic carbocycles. The summed E-state index contributed by atoms with van der Waals surface area (Å²) in [6.45, 7) is 4.96. The Balaban J connectivity index is 0.00000312. The fraction of sp³-hybridized carbons (Fsp3) is 0.778. The number of guanidine groups is 1. The number of rotatable bonds is 7. The number of nitrogens with zero attached hydrogens (tertiary/aromatic N) is 4. The van der Waals surface area contributed by atoms with Crippen LogP contribution in [-0.4, -0.2) is 61.0 Å². The van der Waals surface area contributed by atoms with Gasteiger partial charge in [0, 0.05) is 32.1 Å². The van der Waals surface area contributed by atoms with E-state index in [1.54, 1.807) is 11.3 Å². The van der Waals surface area contributed by atoms with Crippen LogP contribution in [0.1, 0.15) is 49.2 Å². The molecule has 0 aliphatic heterocycles. The summed E-state index contributed by atoms with van der Waals surface area (Å²) in [7, 11) is 6.19. The smallest absolute Gasteiger partial charge is 0.193 e. The third-order valence-electron chi connectivity index (χ3n) is 4.81. The van der Waals surface area contributed by atoms with Gasteiger partial charge >= 0.3 is 0 Å². The van der Waals surface area contributed by atoms with Gasteiger partial charge in [-0.3, -0.25) is 4.99 Å². The molecule has 1 aliphatic rings. The highest BCUT2D eigenvalue weighted by molar-refractivity contribution is 14.0. The number of aliphatic imine (C=N–C) groups is 1. The summed E-state index contributed by atoms with van der Waals surface area (Å²) in [5.74, 6) is 0.945. The molecule has 1 N–H and O–H groups in total. The number of hydrogen-bond donors (Lipinski definition) is 1. The molecule has 144 valence electrons. The van der Waals surface area contributed by atoms with Crippen molar-refractivity contribution in [2.24, 2.45) is 4.99 Å². The van der Waals surface area contributed by atoms with Crippen LogP contribution >= 0.6 is 35.3 Å². The molecule has 2 rings (SSSR count). The minimum absolute atomic E-state index is 0. The molecule has 1 heterocycles. The van der Waals surface area contributed by atoms with Gasteiger partial charge in [0.15, 0.2) is 5.96 Å². The zero-order chi connectivity index (χ0) is 17.4. The number of nitrogens with one attached hydrogen (secondary N) is 1. The molecule has 0 unspecified atom stereocenters. The van der Waals surface area contributed by atoms with Crippen LogP contribution in [0, 0.1) is 6.92 Å². The van der Waals surface area contributed by atoms with Crippen molar-refractivity contribution in [2.75, 3.05) is 34.2 Å². The van der Waals surface area contributed by atoms with E-state index in [4.69, 9.17) is 0 Å². The van der Waals surface area contributed by atoms with Gasteiger partial charge in [0.25, 0.3) is 0 Å². The van der Waals surface area contributed by atoms with Gasteiger partial charge in [0.1, 0.15) is 0 Å². The maximum absolute atomic E-state index is 4.53. The Morgan fingerprint density at radius 2 is 2.04 bits per heavy atom. The SMILES string of the molecule is CN=C(NCCCN(C)C1CCCCC1)N(C)Cc1csc(C)n1.I. The topological polar surface area (TPSA) is 43.8 Å². The highest BCUT2D eigenvalue weighted by Crippen LogP contribution is 2.21. The second kappa shape index (κ2) is 12.1. The second-order valence-electron chi connectivity index (χ2n) is 6.81. The van der Waals surface area contributed by atoms with Crippen LogP contribution in [0.3, 0.4) is 0 Å². The predicted octanol–water partition coefficient (Wildman–Crippen LogP) is 3.73. The van der Waals surface area contributed by atoms with Gasteiger partial charge in [0.2, 0.25) is 0 Å². The van der Waals surface area contributed by atoms with E-state index in [1.807, 2.05) is 14.0 Å². The van der Waals surface area contributed by atoms with Crippen molar-refractivity contribution in [1.82, 2.24) is 20.1 Å². The Bertz CT molecular complexity index is 513.